The molecular formula is C16H36N2O. The van der Waals surface area contributed by atoms with Crippen molar-refractivity contribution in [1.29, 1.82) is 0 Å². The zero-order valence-corrected chi connectivity index (χ0v) is 13.9. The highest BCUT2D eigenvalue weighted by atomic mass is 16.5. The number of methoxy groups -OCH3 is 1. The van der Waals surface area contributed by atoms with Crippen molar-refractivity contribution in [2.24, 2.45) is 11.8 Å². The van der Waals surface area contributed by atoms with E-state index in [-0.39, 0.29) is 0 Å². The third-order valence-corrected chi connectivity index (χ3v) is 3.36. The van der Waals surface area contributed by atoms with Crippen molar-refractivity contribution in [1.82, 2.24) is 10.2 Å². The van der Waals surface area contributed by atoms with Gasteiger partial charge in [-0.05, 0) is 57.3 Å². The summed E-state index contributed by atoms with van der Waals surface area (Å²) in [5.41, 5.74) is 0. The molecular weight excluding hydrogens is 236 g/mol. The van der Waals surface area contributed by atoms with Gasteiger partial charge in [0.15, 0.2) is 0 Å². The van der Waals surface area contributed by atoms with Crippen molar-refractivity contribution in [3.8, 4) is 0 Å². The number of ether oxygens (including phenoxy) is 1. The van der Waals surface area contributed by atoms with Crippen LogP contribution in [0.5, 0.6) is 0 Å². The maximum absolute atomic E-state index is 5.03. The molecule has 0 unspecified atom stereocenters. The lowest BCUT2D eigenvalue weighted by Crippen LogP contribution is -2.31. The first-order valence-electron chi connectivity index (χ1n) is 7.98. The molecule has 0 aromatic carbocycles. The molecule has 0 aromatic heterocycles. The van der Waals surface area contributed by atoms with Gasteiger partial charge >= 0.3 is 0 Å². The van der Waals surface area contributed by atoms with Gasteiger partial charge in [0.2, 0.25) is 0 Å². The summed E-state index contributed by atoms with van der Waals surface area (Å²) < 4.78 is 5.03. The largest absolute Gasteiger partial charge is 0.383 e. The number of hydrogen-bond acceptors (Lipinski definition) is 3. The van der Waals surface area contributed by atoms with Gasteiger partial charge in [-0.2, -0.15) is 0 Å². The fourth-order valence-electron chi connectivity index (χ4n) is 1.94. The van der Waals surface area contributed by atoms with Crippen LogP contribution in [0.1, 0.15) is 47.0 Å². The molecule has 0 atom stereocenters. The minimum absolute atomic E-state index is 0.807. The second-order valence-electron chi connectivity index (χ2n) is 6.30. The second-order valence-corrected chi connectivity index (χ2v) is 6.30. The highest BCUT2D eigenvalue weighted by Gasteiger charge is 2.07. The van der Waals surface area contributed by atoms with E-state index in [0.29, 0.717) is 0 Å². The first kappa shape index (κ1) is 18.9. The molecule has 0 fully saturated rings. The summed E-state index contributed by atoms with van der Waals surface area (Å²) in [5.74, 6) is 1.61. The number of hydrogen-bond donors (Lipinski definition) is 1. The fraction of sp³-hybridized carbons (Fsp3) is 1.00. The zero-order chi connectivity index (χ0) is 14.5. The normalized spacial score (nSPS) is 12.0. The number of nitrogens with zero attached hydrogens (tertiary/aromatic N) is 1. The van der Waals surface area contributed by atoms with Crippen LogP contribution in [0.3, 0.4) is 0 Å². The summed E-state index contributed by atoms with van der Waals surface area (Å²) in [7, 11) is 1.75. The van der Waals surface area contributed by atoms with Crippen LogP contribution in [-0.2, 0) is 4.74 Å². The summed E-state index contributed by atoms with van der Waals surface area (Å²) in [5, 5.41) is 3.42. The van der Waals surface area contributed by atoms with Gasteiger partial charge in [-0.3, -0.25) is 0 Å². The van der Waals surface area contributed by atoms with E-state index in [4.69, 9.17) is 4.74 Å². The fourth-order valence-corrected chi connectivity index (χ4v) is 1.94. The summed E-state index contributed by atoms with van der Waals surface area (Å²) in [6.45, 7) is 15.9. The molecule has 0 bridgehead atoms. The van der Waals surface area contributed by atoms with Gasteiger partial charge in [0.25, 0.3) is 0 Å². The highest BCUT2D eigenvalue weighted by molar-refractivity contribution is 4.62. The third-order valence-electron chi connectivity index (χ3n) is 3.36. The molecule has 0 aliphatic heterocycles. The van der Waals surface area contributed by atoms with Gasteiger partial charge < -0.3 is 15.0 Å². The molecule has 0 amide bonds. The molecule has 3 heteroatoms. The average Bonchev–Trinajstić information content (AvgIpc) is 2.35. The number of nitrogens with one attached hydrogen (secondary N) is 1. The van der Waals surface area contributed by atoms with Crippen LogP contribution in [0, 0.1) is 11.8 Å². The first-order valence-corrected chi connectivity index (χ1v) is 7.98. The van der Waals surface area contributed by atoms with E-state index < -0.39 is 0 Å². The van der Waals surface area contributed by atoms with Crippen LogP contribution in [0.15, 0.2) is 0 Å². The molecule has 0 saturated heterocycles. The van der Waals surface area contributed by atoms with Gasteiger partial charge in [0.05, 0.1) is 6.61 Å². The number of rotatable bonds is 13. The highest BCUT2D eigenvalue weighted by Crippen LogP contribution is 2.06. The van der Waals surface area contributed by atoms with Crippen LogP contribution < -0.4 is 5.32 Å². The maximum atomic E-state index is 5.03. The van der Waals surface area contributed by atoms with E-state index in [0.717, 1.165) is 31.5 Å². The summed E-state index contributed by atoms with van der Waals surface area (Å²) in [6, 6.07) is 0. The molecule has 0 heterocycles. The van der Waals surface area contributed by atoms with Crippen molar-refractivity contribution in [2.75, 3.05) is 46.4 Å². The summed E-state index contributed by atoms with van der Waals surface area (Å²) in [6.07, 6.45) is 3.87. The molecule has 0 aliphatic rings. The lowest BCUT2D eigenvalue weighted by Gasteiger charge is -2.24. The van der Waals surface area contributed by atoms with Crippen molar-refractivity contribution in [2.45, 2.75) is 47.0 Å². The predicted molar refractivity (Wildman–Crippen MR) is 84.7 cm³/mol. The van der Waals surface area contributed by atoms with E-state index in [1.165, 1.54) is 38.9 Å². The average molecular weight is 272 g/mol. The molecule has 0 radical (unpaired) electrons. The molecule has 116 valence electrons. The van der Waals surface area contributed by atoms with Crippen LogP contribution >= 0.6 is 0 Å². The lowest BCUT2D eigenvalue weighted by molar-refractivity contribution is 0.197. The van der Waals surface area contributed by atoms with E-state index in [1.807, 2.05) is 0 Å². The van der Waals surface area contributed by atoms with Crippen molar-refractivity contribution in [3.05, 3.63) is 0 Å². The Labute approximate surface area is 121 Å². The van der Waals surface area contributed by atoms with Gasteiger partial charge in [-0.15, -0.1) is 0 Å². The molecule has 1 N–H and O–H groups in total. The minimum Gasteiger partial charge on any atom is -0.383 e. The molecule has 0 saturated carbocycles. The standard InChI is InChI=1S/C16H36N2O/c1-15(2)7-12-18(13-8-16(3)4)11-6-9-17-10-14-19-5/h15-17H,6-14H2,1-5H3. The Morgan fingerprint density at radius 1 is 0.895 bits per heavy atom. The van der Waals surface area contributed by atoms with Crippen LogP contribution in [0.4, 0.5) is 0 Å². The van der Waals surface area contributed by atoms with Crippen LogP contribution in [0.25, 0.3) is 0 Å². The van der Waals surface area contributed by atoms with E-state index >= 15 is 0 Å². The van der Waals surface area contributed by atoms with Crippen LogP contribution in [0.2, 0.25) is 0 Å². The molecule has 0 spiro atoms. The zero-order valence-electron chi connectivity index (χ0n) is 13.9. The van der Waals surface area contributed by atoms with Gasteiger partial charge in [-0.1, -0.05) is 27.7 Å². The van der Waals surface area contributed by atoms with Gasteiger partial charge in [-0.25, -0.2) is 0 Å². The Bertz CT molecular complexity index is 172. The van der Waals surface area contributed by atoms with Gasteiger partial charge in [0, 0.05) is 13.7 Å². The molecule has 19 heavy (non-hydrogen) atoms. The van der Waals surface area contributed by atoms with E-state index in [1.54, 1.807) is 7.11 Å². The molecule has 0 aliphatic carbocycles. The summed E-state index contributed by atoms with van der Waals surface area (Å²) in [4.78, 5) is 2.64. The summed E-state index contributed by atoms with van der Waals surface area (Å²) >= 11 is 0. The molecule has 3 nitrogen and oxygen atoms in total. The second kappa shape index (κ2) is 12.9. The Balaban J connectivity index is 3.71. The van der Waals surface area contributed by atoms with E-state index in [2.05, 4.69) is 37.9 Å². The Kier molecular flexibility index (Phi) is 12.8. The monoisotopic (exact) mass is 272 g/mol. The van der Waals surface area contributed by atoms with Gasteiger partial charge in [0.1, 0.15) is 0 Å². The topological polar surface area (TPSA) is 24.5 Å². The third kappa shape index (κ3) is 14.1. The van der Waals surface area contributed by atoms with E-state index in [9.17, 15) is 0 Å². The maximum Gasteiger partial charge on any atom is 0.0587 e. The predicted octanol–water partition coefficient (Wildman–Crippen LogP) is 3.01. The Morgan fingerprint density at radius 3 is 1.95 bits per heavy atom. The Morgan fingerprint density at radius 2 is 1.47 bits per heavy atom. The lowest BCUT2D eigenvalue weighted by atomic mass is 10.1. The SMILES string of the molecule is COCCNCCCN(CCC(C)C)CCC(C)C. The molecule has 0 rings (SSSR count). The van der Waals surface area contributed by atoms with Crippen LogP contribution in [-0.4, -0.2) is 51.3 Å². The quantitative estimate of drug-likeness (QED) is 0.522. The van der Waals surface area contributed by atoms with Crippen molar-refractivity contribution in [3.63, 3.8) is 0 Å². The van der Waals surface area contributed by atoms with Crippen molar-refractivity contribution < 1.29 is 4.74 Å². The minimum atomic E-state index is 0.807. The van der Waals surface area contributed by atoms with Crippen molar-refractivity contribution >= 4 is 0 Å². The Hall–Kier alpha value is -0.120. The smallest absolute Gasteiger partial charge is 0.0587 e. The molecule has 0 aromatic rings. The first-order chi connectivity index (χ1) is 9.06.